The lowest BCUT2D eigenvalue weighted by Crippen LogP contribution is -1.96. The van der Waals surface area contributed by atoms with E-state index in [4.69, 9.17) is 5.11 Å². The van der Waals surface area contributed by atoms with Gasteiger partial charge in [-0.25, -0.2) is 0 Å². The standard InChI is InChI=1S/C9H10O2/c10-9(11)7-6-8-4-2-1-3-5-8/h1-5H,6-7H2,(H,10,11)/i1+1,2+1,3+1,4+1,5+1,6+1,7+1,8+1,9+1. The van der Waals surface area contributed by atoms with E-state index in [1.807, 2.05) is 30.3 Å². The number of rotatable bonds is 3. The minimum Gasteiger partial charge on any atom is -0.481 e. The Morgan fingerprint density at radius 1 is 1.27 bits per heavy atom. The summed E-state index contributed by atoms with van der Waals surface area (Å²) in [6.45, 7) is 0. The molecule has 0 radical (unpaired) electrons. The Bertz CT molecular complexity index is 229. The van der Waals surface area contributed by atoms with Crippen LogP contribution in [0.15, 0.2) is 30.3 Å². The second-order valence-corrected chi connectivity index (χ2v) is 2.38. The fourth-order valence-electron chi connectivity index (χ4n) is 0.896. The van der Waals surface area contributed by atoms with Gasteiger partial charge in [-0.3, -0.25) is 4.79 Å². The second-order valence-electron chi connectivity index (χ2n) is 2.38. The van der Waals surface area contributed by atoms with Crippen LogP contribution in [0, 0.1) is 0 Å². The third-order valence-corrected chi connectivity index (χ3v) is 1.47. The largest absolute Gasteiger partial charge is 0.481 e. The van der Waals surface area contributed by atoms with Crippen LogP contribution in [0.5, 0.6) is 0 Å². The lowest BCUT2D eigenvalue weighted by Gasteiger charge is -1.95. The molecule has 0 bridgehead atoms. The highest BCUT2D eigenvalue weighted by molar-refractivity contribution is 5.67. The molecule has 1 N–H and O–H groups in total. The molecule has 1 aromatic rings. The second kappa shape index (κ2) is 3.76. The molecule has 1 aromatic carbocycles. The fraction of sp³-hybridized carbons (Fsp3) is 0.222. The van der Waals surface area contributed by atoms with Gasteiger partial charge in [-0.05, 0) is 12.0 Å². The van der Waals surface area contributed by atoms with E-state index >= 15 is 0 Å². The molecule has 0 aliphatic carbocycles. The maximum absolute atomic E-state index is 10.2. The van der Waals surface area contributed by atoms with Crippen LogP contribution in [0.3, 0.4) is 0 Å². The van der Waals surface area contributed by atoms with Crippen molar-refractivity contribution in [2.75, 3.05) is 0 Å². The number of hydrogen-bond donors (Lipinski definition) is 1. The first-order valence-electron chi connectivity index (χ1n) is 3.55. The molecule has 1 rings (SSSR count). The van der Waals surface area contributed by atoms with Crippen molar-refractivity contribution in [2.24, 2.45) is 0 Å². The Morgan fingerprint density at radius 3 is 2.45 bits per heavy atom. The summed E-state index contributed by atoms with van der Waals surface area (Å²) in [6, 6.07) is 9.62. The van der Waals surface area contributed by atoms with Gasteiger partial charge >= 0.3 is 5.97 Å². The minimum atomic E-state index is -0.742. The summed E-state index contributed by atoms with van der Waals surface area (Å²) in [4.78, 5) is 10.2. The van der Waals surface area contributed by atoms with Crippen molar-refractivity contribution in [1.82, 2.24) is 0 Å². The van der Waals surface area contributed by atoms with Crippen LogP contribution in [0.1, 0.15) is 12.0 Å². The van der Waals surface area contributed by atoms with E-state index < -0.39 is 5.97 Å². The topological polar surface area (TPSA) is 37.3 Å². The molecule has 0 saturated heterocycles. The molecular weight excluding hydrogens is 149 g/mol. The van der Waals surface area contributed by atoms with Crippen LogP contribution in [0.2, 0.25) is 0 Å². The number of carbonyl (C=O) groups is 1. The zero-order chi connectivity index (χ0) is 8.10. The summed E-state index contributed by atoms with van der Waals surface area (Å²) in [5.41, 5.74) is 1.08. The van der Waals surface area contributed by atoms with Gasteiger partial charge in [0.05, 0.1) is 0 Å². The fourth-order valence-corrected chi connectivity index (χ4v) is 0.896. The molecule has 0 heterocycles. The molecule has 0 unspecified atom stereocenters. The van der Waals surface area contributed by atoms with Gasteiger partial charge in [0.15, 0.2) is 0 Å². The van der Waals surface area contributed by atoms with Gasteiger partial charge in [0.25, 0.3) is 0 Å². The lowest BCUT2D eigenvalue weighted by molar-refractivity contribution is -0.136. The van der Waals surface area contributed by atoms with Crippen LogP contribution < -0.4 is 0 Å². The quantitative estimate of drug-likeness (QED) is 0.681. The van der Waals surface area contributed by atoms with E-state index in [-0.39, 0.29) is 6.42 Å². The van der Waals surface area contributed by atoms with E-state index in [2.05, 4.69) is 0 Å². The van der Waals surface area contributed by atoms with Gasteiger partial charge in [0.1, 0.15) is 0 Å². The molecule has 2 heteroatoms. The molecule has 11 heavy (non-hydrogen) atoms. The smallest absolute Gasteiger partial charge is 0.303 e. The van der Waals surface area contributed by atoms with Gasteiger partial charge in [-0.2, -0.15) is 0 Å². The Labute approximate surface area is 65.5 Å². The summed E-state index contributed by atoms with van der Waals surface area (Å²) in [7, 11) is 0. The maximum Gasteiger partial charge on any atom is 0.303 e. The monoisotopic (exact) mass is 159 g/mol. The number of carboxylic acids is 1. The third-order valence-electron chi connectivity index (χ3n) is 1.47. The summed E-state index contributed by atoms with van der Waals surface area (Å²) < 4.78 is 0. The Hall–Kier alpha value is -1.31. The molecule has 0 aliphatic heterocycles. The summed E-state index contributed by atoms with van der Waals surface area (Å²) in [6.07, 6.45) is 0.834. The zero-order valence-corrected chi connectivity index (χ0v) is 6.16. The minimum absolute atomic E-state index is 0.212. The molecule has 0 atom stereocenters. The predicted octanol–water partition coefficient (Wildman–Crippen LogP) is 1.70. The molecule has 0 saturated carbocycles. The predicted molar refractivity (Wildman–Crippen MR) is 42.4 cm³/mol. The highest BCUT2D eigenvalue weighted by Crippen LogP contribution is 2.01. The van der Waals surface area contributed by atoms with Crippen molar-refractivity contribution in [3.05, 3.63) is 35.9 Å². The van der Waals surface area contributed by atoms with Crippen molar-refractivity contribution in [1.29, 1.82) is 0 Å². The average molecular weight is 159 g/mol. The zero-order valence-electron chi connectivity index (χ0n) is 6.16. The van der Waals surface area contributed by atoms with Crippen LogP contribution in [0.25, 0.3) is 0 Å². The normalized spacial score (nSPS) is 9.45. The van der Waals surface area contributed by atoms with E-state index in [1.165, 1.54) is 0 Å². The van der Waals surface area contributed by atoms with E-state index in [0.717, 1.165) is 5.56 Å². The SMILES string of the molecule is O=[13C](O)[13CH2][13CH2][13c]1[13cH][13cH][13cH][13cH][13cH]1. The van der Waals surface area contributed by atoms with Gasteiger partial charge < -0.3 is 5.11 Å². The number of hydrogen-bond acceptors (Lipinski definition) is 1. The van der Waals surface area contributed by atoms with Crippen LogP contribution in [-0.2, 0) is 11.2 Å². The summed E-state index contributed by atoms with van der Waals surface area (Å²) >= 11 is 0. The molecule has 0 amide bonds. The lowest BCUT2D eigenvalue weighted by atomic mass is 11.1. The van der Waals surface area contributed by atoms with Crippen molar-refractivity contribution >= 4 is 5.97 Å². The molecule has 0 spiro atoms. The Morgan fingerprint density at radius 2 is 1.91 bits per heavy atom. The molecular formula is C9H10O2. The first-order valence-corrected chi connectivity index (χ1v) is 3.55. The van der Waals surface area contributed by atoms with Crippen molar-refractivity contribution in [2.45, 2.75) is 12.8 Å². The highest BCUT2D eigenvalue weighted by Gasteiger charge is 1.96. The van der Waals surface area contributed by atoms with Crippen LogP contribution >= 0.6 is 0 Å². The summed E-state index contributed by atoms with van der Waals surface area (Å²) in [5.74, 6) is -0.742. The molecule has 0 aliphatic rings. The molecule has 0 aromatic heterocycles. The van der Waals surface area contributed by atoms with Crippen LogP contribution in [0.4, 0.5) is 0 Å². The Balaban J connectivity index is 2.45. The highest BCUT2D eigenvalue weighted by atomic mass is 16.5. The number of benzene rings is 1. The summed E-state index contributed by atoms with van der Waals surface area (Å²) in [5, 5.41) is 8.37. The van der Waals surface area contributed by atoms with Gasteiger partial charge in [-0.1, -0.05) is 30.3 Å². The molecule has 58 valence electrons. The Kier molecular flexibility index (Phi) is 2.66. The van der Waals surface area contributed by atoms with Crippen molar-refractivity contribution < 1.29 is 9.90 Å². The van der Waals surface area contributed by atoms with Gasteiger partial charge in [0, 0.05) is 6.42 Å². The van der Waals surface area contributed by atoms with Crippen molar-refractivity contribution in [3.8, 4) is 0 Å². The number of aryl methyl sites for hydroxylation is 1. The van der Waals surface area contributed by atoms with Gasteiger partial charge in [0.2, 0.25) is 0 Å². The van der Waals surface area contributed by atoms with Crippen molar-refractivity contribution in [3.63, 3.8) is 0 Å². The number of carboxylic acid groups (broad SMARTS) is 1. The van der Waals surface area contributed by atoms with Gasteiger partial charge in [-0.15, -0.1) is 0 Å². The average Bonchev–Trinajstić information content (AvgIpc) is 2.03. The van der Waals surface area contributed by atoms with E-state index in [1.54, 1.807) is 0 Å². The first kappa shape index (κ1) is 7.79. The van der Waals surface area contributed by atoms with E-state index in [9.17, 15) is 4.79 Å². The molecule has 2 nitrogen and oxygen atoms in total. The molecule has 0 fully saturated rings. The van der Waals surface area contributed by atoms with E-state index in [0.29, 0.717) is 6.42 Å². The first-order chi connectivity index (χ1) is 5.29. The number of aliphatic carboxylic acids is 1. The third kappa shape index (κ3) is 2.85. The van der Waals surface area contributed by atoms with Crippen LogP contribution in [-0.4, -0.2) is 11.1 Å². The maximum atomic E-state index is 10.2.